The van der Waals surface area contributed by atoms with E-state index >= 15 is 0 Å². The topological polar surface area (TPSA) is 134 Å². The largest absolute Gasteiger partial charge is 0.486 e. The summed E-state index contributed by atoms with van der Waals surface area (Å²) in [6.07, 6.45) is -5.40. The zero-order valence-corrected chi connectivity index (χ0v) is 17.1. The molecule has 4 N–H and O–H groups in total. The maximum atomic E-state index is 12.4. The van der Waals surface area contributed by atoms with Crippen LogP contribution in [0.3, 0.4) is 0 Å². The molecule has 152 valence electrons. The molecule has 4 atom stereocenters. The van der Waals surface area contributed by atoms with Crippen LogP contribution in [-0.2, 0) is 11.3 Å². The van der Waals surface area contributed by atoms with E-state index < -0.39 is 42.4 Å². The minimum Gasteiger partial charge on any atom is -0.486 e. The predicted octanol–water partition coefficient (Wildman–Crippen LogP) is 0.796. The third-order valence-corrected chi connectivity index (χ3v) is 5.56. The first kappa shape index (κ1) is 21.3. The second-order valence-corrected chi connectivity index (χ2v) is 7.62. The molecule has 3 rings (SSSR count). The fourth-order valence-electron chi connectivity index (χ4n) is 2.81. The quantitative estimate of drug-likeness (QED) is 0.480. The number of nitrogens with zero attached hydrogens (tertiary/aromatic N) is 1. The summed E-state index contributed by atoms with van der Waals surface area (Å²) in [6.45, 7) is -0.867. The van der Waals surface area contributed by atoms with Gasteiger partial charge in [-0.25, -0.2) is 4.79 Å². The summed E-state index contributed by atoms with van der Waals surface area (Å²) in [5.74, 6) is 0.249. The van der Waals surface area contributed by atoms with Gasteiger partial charge in [-0.05, 0) is 34.1 Å². The van der Waals surface area contributed by atoms with E-state index in [-0.39, 0.29) is 27.5 Å². The fourth-order valence-corrected chi connectivity index (χ4v) is 3.67. The molecule has 1 aliphatic rings. The molecule has 1 saturated heterocycles. The van der Waals surface area contributed by atoms with Gasteiger partial charge in [0, 0.05) is 5.02 Å². The smallest absolute Gasteiger partial charge is 0.330 e. The maximum Gasteiger partial charge on any atom is 0.330 e. The molecule has 2 aromatic rings. The van der Waals surface area contributed by atoms with Crippen molar-refractivity contribution in [1.82, 2.24) is 9.55 Å². The number of aromatic nitrogens is 2. The van der Waals surface area contributed by atoms with Crippen LogP contribution in [0, 0.1) is 0 Å². The first-order valence-electron chi connectivity index (χ1n) is 7.98. The molecule has 0 aliphatic carbocycles. The van der Waals surface area contributed by atoms with Crippen LogP contribution in [0.2, 0.25) is 10.0 Å². The predicted molar refractivity (Wildman–Crippen MR) is 103 cm³/mol. The van der Waals surface area contributed by atoms with Gasteiger partial charge in [-0.1, -0.05) is 23.2 Å². The fraction of sp³-hybridized carbons (Fsp3) is 0.375. The number of hydrogen-bond donors (Lipinski definition) is 4. The lowest BCUT2D eigenvalue weighted by molar-refractivity contribution is -0.0573. The van der Waals surface area contributed by atoms with E-state index in [9.17, 15) is 24.9 Å². The van der Waals surface area contributed by atoms with Gasteiger partial charge in [-0.2, -0.15) is 0 Å². The minimum atomic E-state index is -1.52. The van der Waals surface area contributed by atoms with E-state index in [2.05, 4.69) is 20.9 Å². The van der Waals surface area contributed by atoms with Crippen LogP contribution in [0.25, 0.3) is 0 Å². The Morgan fingerprint density at radius 3 is 2.57 bits per heavy atom. The standard InChI is InChI=1S/C16H15BrCl2N2O7/c17-11-8(5-27-9-2-1-6(18)3-7(9)19)21(16(26)20-14(11)25)15-13(24)12(23)10(4-22)28-15/h1-3,10,12-13,15,22-24H,4-5H2,(H,20,25,26)/t10-,12-,13-,15-/m1/s1. The lowest BCUT2D eigenvalue weighted by Gasteiger charge is -2.22. The van der Waals surface area contributed by atoms with Crippen molar-refractivity contribution >= 4 is 39.1 Å². The van der Waals surface area contributed by atoms with Crippen molar-refractivity contribution in [2.75, 3.05) is 6.61 Å². The number of hydrogen-bond acceptors (Lipinski definition) is 7. The van der Waals surface area contributed by atoms with Crippen molar-refractivity contribution in [2.24, 2.45) is 0 Å². The molecule has 1 aliphatic heterocycles. The van der Waals surface area contributed by atoms with Crippen molar-refractivity contribution in [3.63, 3.8) is 0 Å². The Kier molecular flexibility index (Phi) is 6.50. The number of H-pyrrole nitrogens is 1. The van der Waals surface area contributed by atoms with Gasteiger partial charge in [0.1, 0.15) is 35.1 Å². The minimum absolute atomic E-state index is 0.0325. The van der Waals surface area contributed by atoms with E-state index in [1.54, 1.807) is 6.07 Å². The summed E-state index contributed by atoms with van der Waals surface area (Å²) in [5.41, 5.74) is -1.56. The van der Waals surface area contributed by atoms with Gasteiger partial charge in [-0.15, -0.1) is 0 Å². The Labute approximate surface area is 176 Å². The molecular weight excluding hydrogens is 483 g/mol. The third-order valence-electron chi connectivity index (χ3n) is 4.21. The van der Waals surface area contributed by atoms with E-state index in [0.717, 1.165) is 4.57 Å². The van der Waals surface area contributed by atoms with Crippen LogP contribution in [-0.4, -0.2) is 49.8 Å². The molecule has 0 spiro atoms. The summed E-state index contributed by atoms with van der Waals surface area (Å²) >= 11 is 15.0. The molecule has 9 nitrogen and oxygen atoms in total. The van der Waals surface area contributed by atoms with Gasteiger partial charge in [-0.3, -0.25) is 14.3 Å². The van der Waals surface area contributed by atoms with Crippen LogP contribution in [0.5, 0.6) is 5.75 Å². The number of aliphatic hydroxyl groups is 3. The van der Waals surface area contributed by atoms with Crippen LogP contribution in [0.15, 0.2) is 32.3 Å². The van der Waals surface area contributed by atoms with Gasteiger partial charge in [0.15, 0.2) is 6.23 Å². The molecule has 1 fully saturated rings. The second kappa shape index (κ2) is 8.54. The number of aromatic amines is 1. The zero-order chi connectivity index (χ0) is 20.6. The van der Waals surface area contributed by atoms with Crippen molar-refractivity contribution in [3.05, 3.63) is 59.2 Å². The summed E-state index contributed by atoms with van der Waals surface area (Å²) in [5, 5.41) is 30.1. The van der Waals surface area contributed by atoms with Crippen LogP contribution >= 0.6 is 39.1 Å². The number of nitrogens with one attached hydrogen (secondary N) is 1. The summed E-state index contributed by atoms with van der Waals surface area (Å²) < 4.78 is 11.9. The number of halogens is 3. The van der Waals surface area contributed by atoms with E-state index in [4.69, 9.17) is 32.7 Å². The number of aliphatic hydroxyl groups excluding tert-OH is 3. The highest BCUT2D eigenvalue weighted by atomic mass is 79.9. The molecule has 1 aromatic carbocycles. The van der Waals surface area contributed by atoms with E-state index in [1.807, 2.05) is 0 Å². The van der Waals surface area contributed by atoms with Gasteiger partial charge in [0.25, 0.3) is 5.56 Å². The molecule has 28 heavy (non-hydrogen) atoms. The van der Waals surface area contributed by atoms with Gasteiger partial charge in [0.05, 0.1) is 17.3 Å². The van der Waals surface area contributed by atoms with Crippen LogP contribution in [0.1, 0.15) is 11.9 Å². The normalized spacial score (nSPS) is 24.5. The molecule has 1 aromatic heterocycles. The van der Waals surface area contributed by atoms with Crippen molar-refractivity contribution in [2.45, 2.75) is 31.1 Å². The first-order chi connectivity index (χ1) is 13.2. The van der Waals surface area contributed by atoms with Gasteiger partial charge >= 0.3 is 5.69 Å². The Bertz CT molecular complexity index is 996. The first-order valence-corrected chi connectivity index (χ1v) is 9.53. The van der Waals surface area contributed by atoms with Gasteiger partial charge < -0.3 is 24.8 Å². The molecule has 2 heterocycles. The van der Waals surface area contributed by atoms with E-state index in [1.165, 1.54) is 12.1 Å². The molecule has 0 unspecified atom stereocenters. The molecule has 0 saturated carbocycles. The second-order valence-electron chi connectivity index (χ2n) is 5.98. The molecule has 0 amide bonds. The van der Waals surface area contributed by atoms with Crippen LogP contribution < -0.4 is 16.0 Å². The lowest BCUT2D eigenvalue weighted by Crippen LogP contribution is -2.40. The molecular formula is C16H15BrCl2N2O7. The summed E-state index contributed by atoms with van der Waals surface area (Å²) in [6, 6.07) is 4.53. The van der Waals surface area contributed by atoms with Crippen molar-refractivity contribution < 1.29 is 24.8 Å². The monoisotopic (exact) mass is 496 g/mol. The highest BCUT2D eigenvalue weighted by Gasteiger charge is 2.44. The molecule has 0 radical (unpaired) electrons. The average molecular weight is 498 g/mol. The average Bonchev–Trinajstić information content (AvgIpc) is 2.92. The highest BCUT2D eigenvalue weighted by molar-refractivity contribution is 9.10. The number of benzene rings is 1. The van der Waals surface area contributed by atoms with Crippen molar-refractivity contribution in [3.8, 4) is 5.75 Å². The zero-order valence-electron chi connectivity index (χ0n) is 14.0. The Morgan fingerprint density at radius 2 is 1.96 bits per heavy atom. The maximum absolute atomic E-state index is 12.4. The Hall–Kier alpha value is -1.40. The molecule has 12 heteroatoms. The number of ether oxygens (including phenoxy) is 2. The Morgan fingerprint density at radius 1 is 1.25 bits per heavy atom. The molecule has 0 bridgehead atoms. The van der Waals surface area contributed by atoms with Crippen LogP contribution in [0.4, 0.5) is 0 Å². The Balaban J connectivity index is 2.01. The SMILES string of the molecule is O=c1[nH]c(=O)n([C@@H]2O[C@H](CO)[C@@H](O)[C@H]2O)c(COc2ccc(Cl)cc2Cl)c1Br. The third kappa shape index (κ3) is 3.99. The highest BCUT2D eigenvalue weighted by Crippen LogP contribution is 2.32. The number of rotatable bonds is 5. The van der Waals surface area contributed by atoms with Crippen molar-refractivity contribution in [1.29, 1.82) is 0 Å². The summed E-state index contributed by atoms with van der Waals surface area (Å²) in [7, 11) is 0. The van der Waals surface area contributed by atoms with E-state index in [0.29, 0.717) is 5.02 Å². The lowest BCUT2D eigenvalue weighted by atomic mass is 10.1. The summed E-state index contributed by atoms with van der Waals surface area (Å²) in [4.78, 5) is 26.5. The van der Waals surface area contributed by atoms with Gasteiger partial charge in [0.2, 0.25) is 0 Å².